The van der Waals surface area contributed by atoms with Crippen molar-refractivity contribution in [2.24, 2.45) is 0 Å². The molecule has 30 heavy (non-hydrogen) atoms. The van der Waals surface area contributed by atoms with E-state index in [1.807, 2.05) is 0 Å². The van der Waals surface area contributed by atoms with Gasteiger partial charge in [-0.1, -0.05) is 0 Å². The summed E-state index contributed by atoms with van der Waals surface area (Å²) in [4.78, 5) is 25.9. The Labute approximate surface area is 176 Å². The van der Waals surface area contributed by atoms with E-state index in [1.54, 1.807) is 56.6 Å². The fourth-order valence-electron chi connectivity index (χ4n) is 2.64. The number of benzene rings is 2. The molecule has 0 unspecified atom stereocenters. The van der Waals surface area contributed by atoms with Gasteiger partial charge >= 0.3 is 0 Å². The molecule has 0 spiro atoms. The summed E-state index contributed by atoms with van der Waals surface area (Å²) in [6, 6.07) is 10.3. The van der Waals surface area contributed by atoms with Crippen LogP contribution in [0.4, 0.5) is 5.69 Å². The van der Waals surface area contributed by atoms with Crippen LogP contribution in [0.5, 0.6) is 23.0 Å². The molecule has 0 saturated carbocycles. The van der Waals surface area contributed by atoms with Crippen molar-refractivity contribution in [2.75, 3.05) is 47.3 Å². The number of nitrogens with one attached hydrogen (secondary N) is 1. The van der Waals surface area contributed by atoms with Crippen molar-refractivity contribution in [1.82, 2.24) is 4.90 Å². The Bertz CT molecular complexity index is 909. The molecule has 1 N–H and O–H groups in total. The average Bonchev–Trinajstić information content (AvgIpc) is 2.76. The highest BCUT2D eigenvalue weighted by molar-refractivity contribution is 5.98. The Hall–Kier alpha value is -3.68. The second-order valence-electron chi connectivity index (χ2n) is 6.25. The molecule has 2 rings (SSSR count). The molecule has 2 amide bonds. The van der Waals surface area contributed by atoms with Gasteiger partial charge in [-0.2, -0.15) is 0 Å². The number of carbonyl (C=O) groups is 2. The summed E-state index contributed by atoms with van der Waals surface area (Å²) in [5, 5.41) is 2.74. The van der Waals surface area contributed by atoms with Crippen LogP contribution in [0.3, 0.4) is 0 Å². The van der Waals surface area contributed by atoms with E-state index in [2.05, 4.69) is 5.32 Å². The van der Waals surface area contributed by atoms with Crippen LogP contribution in [0, 0.1) is 0 Å². The molecule has 8 nitrogen and oxygen atoms in total. The van der Waals surface area contributed by atoms with Gasteiger partial charge in [-0.25, -0.2) is 0 Å². The Morgan fingerprint density at radius 2 is 1.50 bits per heavy atom. The van der Waals surface area contributed by atoms with E-state index in [0.29, 0.717) is 34.2 Å². The van der Waals surface area contributed by atoms with Gasteiger partial charge in [0, 0.05) is 30.4 Å². The lowest BCUT2D eigenvalue weighted by atomic mass is 10.1. The van der Waals surface area contributed by atoms with Crippen LogP contribution in [0.2, 0.25) is 0 Å². The van der Waals surface area contributed by atoms with Gasteiger partial charge < -0.3 is 29.2 Å². The normalized spacial score (nSPS) is 10.4. The summed E-state index contributed by atoms with van der Waals surface area (Å²) in [6.07, 6.45) is 2.96. The van der Waals surface area contributed by atoms with Crippen LogP contribution < -0.4 is 24.3 Å². The highest BCUT2D eigenvalue weighted by atomic mass is 16.5. The van der Waals surface area contributed by atoms with E-state index in [9.17, 15) is 9.59 Å². The van der Waals surface area contributed by atoms with Gasteiger partial charge in [0.25, 0.3) is 0 Å². The SMILES string of the molecule is COc1ccc(NC(=O)CN(C)C(=O)/C=C/c2cc(OC)c(OC)cc2OC)cc1. The van der Waals surface area contributed by atoms with Gasteiger partial charge in [-0.3, -0.25) is 9.59 Å². The Kier molecular flexibility index (Phi) is 8.10. The molecule has 8 heteroatoms. The Morgan fingerprint density at radius 3 is 2.07 bits per heavy atom. The van der Waals surface area contributed by atoms with Gasteiger partial charge in [0.2, 0.25) is 11.8 Å². The summed E-state index contributed by atoms with van der Waals surface area (Å²) >= 11 is 0. The van der Waals surface area contributed by atoms with Crippen molar-refractivity contribution in [2.45, 2.75) is 0 Å². The molecule has 0 heterocycles. The summed E-state index contributed by atoms with van der Waals surface area (Å²) in [5.41, 5.74) is 1.26. The molecule has 0 fully saturated rings. The molecule has 0 radical (unpaired) electrons. The number of rotatable bonds is 9. The standard InChI is InChI=1S/C22H26N2O6/c1-24(14-21(25)23-16-7-9-17(27-2)10-8-16)22(26)11-6-15-12-19(29-4)20(30-5)13-18(15)28-3/h6-13H,14H2,1-5H3,(H,23,25)/b11-6+. The van der Waals surface area contributed by atoms with E-state index in [4.69, 9.17) is 18.9 Å². The van der Waals surface area contributed by atoms with Crippen molar-refractivity contribution in [3.63, 3.8) is 0 Å². The molecule has 0 aliphatic heterocycles. The third-order valence-electron chi connectivity index (χ3n) is 4.27. The van der Waals surface area contributed by atoms with Gasteiger partial charge in [-0.15, -0.1) is 0 Å². The number of amides is 2. The lowest BCUT2D eigenvalue weighted by Crippen LogP contribution is -2.33. The third-order valence-corrected chi connectivity index (χ3v) is 4.27. The van der Waals surface area contributed by atoms with Gasteiger partial charge in [0.1, 0.15) is 11.5 Å². The zero-order valence-electron chi connectivity index (χ0n) is 17.7. The number of hydrogen-bond acceptors (Lipinski definition) is 6. The highest BCUT2D eigenvalue weighted by Gasteiger charge is 2.13. The Balaban J connectivity index is 2.02. The fraction of sp³-hybridized carbons (Fsp3) is 0.273. The van der Waals surface area contributed by atoms with E-state index in [0.717, 1.165) is 0 Å². The van der Waals surface area contributed by atoms with E-state index >= 15 is 0 Å². The molecule has 0 saturated heterocycles. The van der Waals surface area contributed by atoms with Gasteiger partial charge in [0.05, 0.1) is 35.0 Å². The second-order valence-corrected chi connectivity index (χ2v) is 6.25. The first-order valence-electron chi connectivity index (χ1n) is 9.09. The predicted molar refractivity (Wildman–Crippen MR) is 114 cm³/mol. The monoisotopic (exact) mass is 414 g/mol. The summed E-state index contributed by atoms with van der Waals surface area (Å²) in [6.45, 7) is -0.0989. The molecule has 0 bridgehead atoms. The van der Waals surface area contributed by atoms with Crippen molar-refractivity contribution >= 4 is 23.6 Å². The second kappa shape index (κ2) is 10.8. The lowest BCUT2D eigenvalue weighted by molar-refractivity contribution is -0.129. The van der Waals surface area contributed by atoms with Crippen LogP contribution in [-0.4, -0.2) is 58.7 Å². The predicted octanol–water partition coefficient (Wildman–Crippen LogP) is 2.83. The highest BCUT2D eigenvalue weighted by Crippen LogP contribution is 2.35. The Morgan fingerprint density at radius 1 is 0.900 bits per heavy atom. The van der Waals surface area contributed by atoms with Crippen molar-refractivity contribution in [3.05, 3.63) is 48.0 Å². The molecule has 2 aromatic carbocycles. The van der Waals surface area contributed by atoms with Gasteiger partial charge in [-0.05, 0) is 36.4 Å². The summed E-state index contributed by atoms with van der Waals surface area (Å²) < 4.78 is 21.0. The van der Waals surface area contributed by atoms with Crippen LogP contribution in [0.25, 0.3) is 6.08 Å². The minimum Gasteiger partial charge on any atom is -0.497 e. The maximum Gasteiger partial charge on any atom is 0.246 e. The molecule has 0 aliphatic carbocycles. The first-order valence-corrected chi connectivity index (χ1v) is 9.09. The zero-order chi connectivity index (χ0) is 22.1. The number of nitrogens with zero attached hydrogens (tertiary/aromatic N) is 1. The average molecular weight is 414 g/mol. The number of hydrogen-bond donors (Lipinski definition) is 1. The maximum atomic E-state index is 12.4. The topological polar surface area (TPSA) is 86.3 Å². The number of anilines is 1. The molecular formula is C22H26N2O6. The quantitative estimate of drug-likeness (QED) is 0.635. The third kappa shape index (κ3) is 5.91. The number of likely N-dealkylation sites (N-methyl/N-ethyl adjacent to an activating group) is 1. The van der Waals surface area contributed by atoms with E-state index in [-0.39, 0.29) is 18.4 Å². The van der Waals surface area contributed by atoms with Crippen molar-refractivity contribution < 1.29 is 28.5 Å². The minimum absolute atomic E-state index is 0.0989. The molecule has 0 aromatic heterocycles. The first kappa shape index (κ1) is 22.6. The number of ether oxygens (including phenoxy) is 4. The minimum atomic E-state index is -0.336. The summed E-state index contributed by atoms with van der Waals surface area (Å²) in [7, 11) is 7.70. The fourth-order valence-corrected chi connectivity index (χ4v) is 2.64. The molecular weight excluding hydrogens is 388 g/mol. The van der Waals surface area contributed by atoms with E-state index in [1.165, 1.54) is 32.3 Å². The van der Waals surface area contributed by atoms with Crippen molar-refractivity contribution in [1.29, 1.82) is 0 Å². The van der Waals surface area contributed by atoms with Crippen LogP contribution in [0.15, 0.2) is 42.5 Å². The first-order chi connectivity index (χ1) is 14.4. The van der Waals surface area contributed by atoms with Crippen molar-refractivity contribution in [3.8, 4) is 23.0 Å². The van der Waals surface area contributed by atoms with Crippen LogP contribution in [-0.2, 0) is 9.59 Å². The molecule has 2 aromatic rings. The van der Waals surface area contributed by atoms with Crippen LogP contribution in [0.1, 0.15) is 5.56 Å². The van der Waals surface area contributed by atoms with E-state index < -0.39 is 0 Å². The number of carbonyl (C=O) groups excluding carboxylic acids is 2. The van der Waals surface area contributed by atoms with Gasteiger partial charge in [0.15, 0.2) is 11.5 Å². The zero-order valence-corrected chi connectivity index (χ0v) is 17.7. The summed E-state index contributed by atoms with van der Waals surface area (Å²) in [5.74, 6) is 1.60. The maximum absolute atomic E-state index is 12.4. The molecule has 0 atom stereocenters. The number of methoxy groups -OCH3 is 4. The molecule has 160 valence electrons. The molecule has 0 aliphatic rings. The lowest BCUT2D eigenvalue weighted by Gasteiger charge is -2.15. The largest absolute Gasteiger partial charge is 0.497 e. The van der Waals surface area contributed by atoms with Crippen LogP contribution >= 0.6 is 0 Å². The smallest absolute Gasteiger partial charge is 0.246 e.